The molecule has 0 aliphatic heterocycles. The molecule has 3 rings (SSSR count). The van der Waals surface area contributed by atoms with Gasteiger partial charge in [-0.2, -0.15) is 0 Å². The van der Waals surface area contributed by atoms with Crippen molar-refractivity contribution in [2.45, 2.75) is 44.7 Å². The lowest BCUT2D eigenvalue weighted by molar-refractivity contribution is -0.122. The molecule has 1 fully saturated rings. The predicted molar refractivity (Wildman–Crippen MR) is 97.1 cm³/mol. The highest BCUT2D eigenvalue weighted by atomic mass is 16.2. The summed E-state index contributed by atoms with van der Waals surface area (Å²) in [5.74, 6) is -0.0420. The zero-order valence-corrected chi connectivity index (χ0v) is 14.1. The average Bonchev–Trinajstić information content (AvgIpc) is 3.05. The van der Waals surface area contributed by atoms with E-state index in [0.717, 1.165) is 23.7 Å². The predicted octanol–water partition coefficient (Wildman–Crippen LogP) is 1.98. The number of aryl methyl sites for hydroxylation is 1. The molecule has 1 aliphatic rings. The Bertz CT molecular complexity index is 822. The molecule has 0 saturated heterocycles. The first kappa shape index (κ1) is 16.4. The zero-order valence-electron chi connectivity index (χ0n) is 14.1. The molecule has 1 atom stereocenters. The van der Waals surface area contributed by atoms with Gasteiger partial charge in [-0.1, -0.05) is 12.8 Å². The summed E-state index contributed by atoms with van der Waals surface area (Å²) in [6, 6.07) is 6.77. The highest BCUT2D eigenvalue weighted by Crippen LogP contribution is 2.24. The number of anilines is 2. The van der Waals surface area contributed by atoms with Gasteiger partial charge in [-0.15, -0.1) is 0 Å². The Morgan fingerprint density at radius 2 is 2.00 bits per heavy atom. The summed E-state index contributed by atoms with van der Waals surface area (Å²) in [6.45, 7) is 1.81. The standard InChI is InChI=1S/C18H24N4O2/c1-11(18(24)21-13-5-3-4-6-13)20-15-10-17(23)22(2)16-8-7-12(19)9-14(15)16/h7-11,13,20H,3-6,19H2,1-2H3,(H,21,24)/t11-/m1/s1. The lowest BCUT2D eigenvalue weighted by atomic mass is 10.1. The molecular formula is C18H24N4O2. The second kappa shape index (κ2) is 6.55. The fraction of sp³-hybridized carbons (Fsp3) is 0.444. The van der Waals surface area contributed by atoms with Crippen LogP contribution in [-0.2, 0) is 11.8 Å². The maximum atomic E-state index is 12.4. The van der Waals surface area contributed by atoms with E-state index in [1.807, 2.05) is 12.1 Å². The number of nitrogen functional groups attached to an aromatic ring is 1. The van der Waals surface area contributed by atoms with Gasteiger partial charge in [0.05, 0.1) is 5.52 Å². The lowest BCUT2D eigenvalue weighted by Gasteiger charge is -2.20. The number of aromatic nitrogens is 1. The largest absolute Gasteiger partial charge is 0.399 e. The quantitative estimate of drug-likeness (QED) is 0.749. The van der Waals surface area contributed by atoms with E-state index < -0.39 is 6.04 Å². The van der Waals surface area contributed by atoms with Crippen LogP contribution in [0, 0.1) is 0 Å². The van der Waals surface area contributed by atoms with Crippen molar-refractivity contribution < 1.29 is 4.79 Å². The number of fused-ring (bicyclic) bond motifs is 1. The molecule has 0 radical (unpaired) electrons. The Balaban J connectivity index is 1.86. The van der Waals surface area contributed by atoms with Crippen LogP contribution in [0.4, 0.5) is 11.4 Å². The first-order valence-corrected chi connectivity index (χ1v) is 8.42. The van der Waals surface area contributed by atoms with Crippen molar-refractivity contribution in [1.82, 2.24) is 9.88 Å². The first-order valence-electron chi connectivity index (χ1n) is 8.42. The summed E-state index contributed by atoms with van der Waals surface area (Å²) in [5, 5.41) is 7.08. The molecule has 128 valence electrons. The fourth-order valence-electron chi connectivity index (χ4n) is 3.29. The third kappa shape index (κ3) is 3.22. The molecule has 0 spiro atoms. The maximum Gasteiger partial charge on any atom is 0.252 e. The molecule has 1 amide bonds. The Kier molecular flexibility index (Phi) is 4.46. The summed E-state index contributed by atoms with van der Waals surface area (Å²) in [5.41, 5.74) is 7.79. The average molecular weight is 328 g/mol. The Morgan fingerprint density at radius 3 is 2.71 bits per heavy atom. The van der Waals surface area contributed by atoms with Crippen LogP contribution >= 0.6 is 0 Å². The van der Waals surface area contributed by atoms with Crippen molar-refractivity contribution in [3.05, 3.63) is 34.6 Å². The lowest BCUT2D eigenvalue weighted by Crippen LogP contribution is -2.42. The van der Waals surface area contributed by atoms with Crippen LogP contribution in [0.15, 0.2) is 29.1 Å². The number of carbonyl (C=O) groups is 1. The van der Waals surface area contributed by atoms with Crippen LogP contribution in [0.1, 0.15) is 32.6 Å². The van der Waals surface area contributed by atoms with Crippen molar-refractivity contribution in [2.24, 2.45) is 7.05 Å². The van der Waals surface area contributed by atoms with Crippen molar-refractivity contribution in [3.63, 3.8) is 0 Å². The molecule has 1 aromatic carbocycles. The second-order valence-corrected chi connectivity index (χ2v) is 6.59. The van der Waals surface area contributed by atoms with E-state index in [1.54, 1.807) is 24.6 Å². The van der Waals surface area contributed by atoms with Gasteiger partial charge in [0.2, 0.25) is 5.91 Å². The summed E-state index contributed by atoms with van der Waals surface area (Å²) in [7, 11) is 1.72. The minimum atomic E-state index is -0.428. The van der Waals surface area contributed by atoms with Crippen LogP contribution in [0.3, 0.4) is 0 Å². The first-order chi connectivity index (χ1) is 11.5. The van der Waals surface area contributed by atoms with E-state index in [4.69, 9.17) is 5.73 Å². The number of nitrogens with zero attached hydrogens (tertiary/aromatic N) is 1. The third-order valence-electron chi connectivity index (χ3n) is 4.74. The number of nitrogens with two attached hydrogens (primary N) is 1. The second-order valence-electron chi connectivity index (χ2n) is 6.59. The number of pyridine rings is 1. The van der Waals surface area contributed by atoms with Gasteiger partial charge >= 0.3 is 0 Å². The van der Waals surface area contributed by atoms with Crippen molar-refractivity contribution in [1.29, 1.82) is 0 Å². The van der Waals surface area contributed by atoms with Gasteiger partial charge in [0.15, 0.2) is 0 Å². The summed E-state index contributed by atoms with van der Waals surface area (Å²) < 4.78 is 1.57. The molecule has 2 aromatic rings. The smallest absolute Gasteiger partial charge is 0.252 e. The van der Waals surface area contributed by atoms with Gasteiger partial charge in [-0.05, 0) is 38.0 Å². The Labute approximate surface area is 141 Å². The summed E-state index contributed by atoms with van der Waals surface area (Å²) >= 11 is 0. The van der Waals surface area contributed by atoms with Gasteiger partial charge in [0.1, 0.15) is 6.04 Å². The molecule has 6 nitrogen and oxygen atoms in total. The minimum absolute atomic E-state index is 0.0420. The molecule has 1 saturated carbocycles. The molecule has 6 heteroatoms. The fourth-order valence-corrected chi connectivity index (χ4v) is 3.29. The van der Waals surface area contributed by atoms with Gasteiger partial charge < -0.3 is 20.9 Å². The normalized spacial score (nSPS) is 16.2. The van der Waals surface area contributed by atoms with Gasteiger partial charge in [0.25, 0.3) is 5.56 Å². The van der Waals surface area contributed by atoms with E-state index in [0.29, 0.717) is 11.4 Å². The number of nitrogens with one attached hydrogen (secondary N) is 2. The number of hydrogen-bond acceptors (Lipinski definition) is 4. The highest BCUT2D eigenvalue weighted by Gasteiger charge is 2.21. The molecule has 4 N–H and O–H groups in total. The zero-order chi connectivity index (χ0) is 17.3. The number of benzene rings is 1. The van der Waals surface area contributed by atoms with E-state index in [-0.39, 0.29) is 17.5 Å². The topological polar surface area (TPSA) is 89.2 Å². The summed E-state index contributed by atoms with van der Waals surface area (Å²) in [4.78, 5) is 24.5. The van der Waals surface area contributed by atoms with Crippen LogP contribution in [-0.4, -0.2) is 22.6 Å². The van der Waals surface area contributed by atoms with Gasteiger partial charge in [0, 0.05) is 35.9 Å². The molecular weight excluding hydrogens is 304 g/mol. The van der Waals surface area contributed by atoms with Crippen LogP contribution in [0.5, 0.6) is 0 Å². The maximum absolute atomic E-state index is 12.4. The van der Waals surface area contributed by atoms with Crippen LogP contribution in [0.2, 0.25) is 0 Å². The number of carbonyl (C=O) groups excluding carboxylic acids is 1. The van der Waals surface area contributed by atoms with Crippen molar-refractivity contribution >= 4 is 28.2 Å². The molecule has 0 unspecified atom stereocenters. The number of hydrogen-bond donors (Lipinski definition) is 3. The van der Waals surface area contributed by atoms with Gasteiger partial charge in [-0.3, -0.25) is 9.59 Å². The molecule has 1 aliphatic carbocycles. The van der Waals surface area contributed by atoms with Crippen LogP contribution in [0.25, 0.3) is 10.9 Å². The third-order valence-corrected chi connectivity index (χ3v) is 4.74. The number of rotatable bonds is 4. The monoisotopic (exact) mass is 328 g/mol. The van der Waals surface area contributed by atoms with E-state index in [1.165, 1.54) is 18.9 Å². The Hall–Kier alpha value is -2.50. The van der Waals surface area contributed by atoms with Crippen molar-refractivity contribution in [3.8, 4) is 0 Å². The van der Waals surface area contributed by atoms with E-state index in [9.17, 15) is 9.59 Å². The van der Waals surface area contributed by atoms with E-state index >= 15 is 0 Å². The highest BCUT2D eigenvalue weighted by molar-refractivity contribution is 5.95. The molecule has 0 bridgehead atoms. The molecule has 1 heterocycles. The minimum Gasteiger partial charge on any atom is -0.399 e. The Morgan fingerprint density at radius 1 is 1.29 bits per heavy atom. The van der Waals surface area contributed by atoms with E-state index in [2.05, 4.69) is 10.6 Å². The van der Waals surface area contributed by atoms with Gasteiger partial charge in [-0.25, -0.2) is 0 Å². The summed E-state index contributed by atoms with van der Waals surface area (Å²) in [6.07, 6.45) is 4.43. The number of amides is 1. The molecule has 24 heavy (non-hydrogen) atoms. The SMILES string of the molecule is C[C@@H](Nc1cc(=O)n(C)c2ccc(N)cc12)C(=O)NC1CCCC1. The van der Waals surface area contributed by atoms with Crippen LogP contribution < -0.4 is 21.9 Å². The van der Waals surface area contributed by atoms with Crippen molar-refractivity contribution in [2.75, 3.05) is 11.1 Å². The molecule has 1 aromatic heterocycles.